The first-order chi connectivity index (χ1) is 5.22. The molecule has 1 nitrogen and oxygen atoms in total. The van der Waals surface area contributed by atoms with E-state index in [9.17, 15) is 0 Å². The topological polar surface area (TPSA) is 13.1 Å². The van der Waals surface area contributed by atoms with Crippen LogP contribution in [0, 0.1) is 6.92 Å². The predicted octanol–water partition coefficient (Wildman–Crippen LogP) is 3.23. The Labute approximate surface area is 71.7 Å². The summed E-state index contributed by atoms with van der Waals surface area (Å²) in [4.78, 5) is 0. The highest BCUT2D eigenvalue weighted by atomic mass is 35.5. The summed E-state index contributed by atoms with van der Waals surface area (Å²) in [6.07, 6.45) is 1.94. The van der Waals surface area contributed by atoms with E-state index in [1.54, 1.807) is 0 Å². The molecule has 1 aromatic heterocycles. The maximum atomic E-state index is 5.60. The maximum Gasteiger partial charge on any atom is 0.127 e. The van der Waals surface area contributed by atoms with E-state index in [0.717, 1.165) is 17.1 Å². The summed E-state index contributed by atoms with van der Waals surface area (Å²) in [5.41, 5.74) is 1.11. The lowest BCUT2D eigenvalue weighted by Gasteiger charge is -1.90. The Bertz CT molecular complexity index is 260. The van der Waals surface area contributed by atoms with E-state index in [-0.39, 0.29) is 0 Å². The highest BCUT2D eigenvalue weighted by molar-refractivity contribution is 6.19. The lowest BCUT2D eigenvalue weighted by Crippen LogP contribution is -1.74. The summed E-state index contributed by atoms with van der Waals surface area (Å²) in [5, 5.41) is 0. The van der Waals surface area contributed by atoms with Gasteiger partial charge in [-0.3, -0.25) is 0 Å². The molecule has 0 fully saturated rings. The molecule has 0 atom stereocenters. The number of furan rings is 1. The average molecular weight is 171 g/mol. The quantitative estimate of drug-likeness (QED) is 0.622. The van der Waals surface area contributed by atoms with E-state index in [4.69, 9.17) is 16.0 Å². The molecule has 0 saturated carbocycles. The Morgan fingerprint density at radius 1 is 1.64 bits per heavy atom. The van der Waals surface area contributed by atoms with E-state index in [0.29, 0.717) is 5.88 Å². The number of allylic oxidation sites excluding steroid dienone is 1. The van der Waals surface area contributed by atoms with E-state index in [1.165, 1.54) is 0 Å². The van der Waals surface area contributed by atoms with E-state index in [1.807, 2.05) is 32.1 Å². The van der Waals surface area contributed by atoms with Gasteiger partial charge in [-0.2, -0.15) is 0 Å². The van der Waals surface area contributed by atoms with Gasteiger partial charge in [0.05, 0.1) is 0 Å². The zero-order valence-electron chi connectivity index (χ0n) is 6.73. The fraction of sp³-hybridized carbons (Fsp3) is 0.333. The highest BCUT2D eigenvalue weighted by Crippen LogP contribution is 2.11. The molecule has 0 radical (unpaired) electrons. The number of halogens is 1. The van der Waals surface area contributed by atoms with Crippen molar-refractivity contribution in [2.45, 2.75) is 13.8 Å². The molecule has 0 amide bonds. The number of hydrogen-bond donors (Lipinski definition) is 0. The van der Waals surface area contributed by atoms with Gasteiger partial charge in [0.1, 0.15) is 11.5 Å². The molecule has 1 heterocycles. The Morgan fingerprint density at radius 2 is 2.36 bits per heavy atom. The molecule has 0 aliphatic carbocycles. The molecule has 0 aliphatic rings. The summed E-state index contributed by atoms with van der Waals surface area (Å²) in [5.74, 6) is 2.36. The van der Waals surface area contributed by atoms with Gasteiger partial charge in [0.2, 0.25) is 0 Å². The summed E-state index contributed by atoms with van der Waals surface area (Å²) in [6.45, 7) is 3.90. The minimum absolute atomic E-state index is 0.555. The fourth-order valence-corrected chi connectivity index (χ4v) is 0.890. The monoisotopic (exact) mass is 170 g/mol. The Kier molecular flexibility index (Phi) is 2.77. The van der Waals surface area contributed by atoms with Crippen molar-refractivity contribution in [3.8, 4) is 0 Å². The minimum atomic E-state index is 0.555. The molecular weight excluding hydrogens is 160 g/mol. The average Bonchev–Trinajstić information content (AvgIpc) is 2.35. The SMILES string of the molecule is CC(=Cc1ccc(C)o1)CCl. The van der Waals surface area contributed by atoms with Gasteiger partial charge in [-0.25, -0.2) is 0 Å². The number of aryl methyl sites for hydroxylation is 1. The van der Waals surface area contributed by atoms with Crippen LogP contribution in [-0.4, -0.2) is 5.88 Å². The van der Waals surface area contributed by atoms with E-state index in [2.05, 4.69) is 0 Å². The van der Waals surface area contributed by atoms with Crippen LogP contribution in [0.4, 0.5) is 0 Å². The van der Waals surface area contributed by atoms with Gasteiger partial charge in [-0.1, -0.05) is 5.57 Å². The van der Waals surface area contributed by atoms with Gasteiger partial charge in [0, 0.05) is 5.88 Å². The minimum Gasteiger partial charge on any atom is -0.462 e. The van der Waals surface area contributed by atoms with Gasteiger partial charge in [0.15, 0.2) is 0 Å². The molecule has 0 bridgehead atoms. The molecule has 1 rings (SSSR count). The number of alkyl halides is 1. The van der Waals surface area contributed by atoms with Crippen molar-refractivity contribution in [2.75, 3.05) is 5.88 Å². The van der Waals surface area contributed by atoms with Crippen molar-refractivity contribution in [1.82, 2.24) is 0 Å². The van der Waals surface area contributed by atoms with Crippen LogP contribution in [0.3, 0.4) is 0 Å². The Balaban J connectivity index is 2.78. The fourth-order valence-electron chi connectivity index (χ4n) is 0.812. The van der Waals surface area contributed by atoms with Crippen molar-refractivity contribution in [3.63, 3.8) is 0 Å². The summed E-state index contributed by atoms with van der Waals surface area (Å²) in [7, 11) is 0. The first-order valence-electron chi connectivity index (χ1n) is 3.52. The molecule has 1 aromatic rings. The molecule has 0 saturated heterocycles. The smallest absolute Gasteiger partial charge is 0.127 e. The highest BCUT2D eigenvalue weighted by Gasteiger charge is 1.94. The van der Waals surface area contributed by atoms with Crippen LogP contribution in [0.2, 0.25) is 0 Å². The van der Waals surface area contributed by atoms with Gasteiger partial charge in [-0.15, -0.1) is 11.6 Å². The van der Waals surface area contributed by atoms with Crippen molar-refractivity contribution >= 4 is 17.7 Å². The predicted molar refractivity (Wildman–Crippen MR) is 47.8 cm³/mol. The lowest BCUT2D eigenvalue weighted by atomic mass is 10.3. The molecule has 0 N–H and O–H groups in total. The maximum absolute atomic E-state index is 5.60. The summed E-state index contributed by atoms with van der Waals surface area (Å²) in [6, 6.07) is 3.87. The number of hydrogen-bond acceptors (Lipinski definition) is 1. The lowest BCUT2D eigenvalue weighted by molar-refractivity contribution is 0.524. The normalized spacial score (nSPS) is 12.1. The second kappa shape index (κ2) is 3.63. The third-order valence-corrected chi connectivity index (χ3v) is 1.78. The third-order valence-electron chi connectivity index (χ3n) is 1.36. The molecular formula is C9H11ClO. The zero-order chi connectivity index (χ0) is 8.27. The van der Waals surface area contributed by atoms with Crippen molar-refractivity contribution in [1.29, 1.82) is 0 Å². The van der Waals surface area contributed by atoms with Crippen LogP contribution in [0.25, 0.3) is 6.08 Å². The third kappa shape index (κ3) is 2.43. The van der Waals surface area contributed by atoms with Crippen LogP contribution in [0.5, 0.6) is 0 Å². The van der Waals surface area contributed by atoms with Crippen LogP contribution >= 0.6 is 11.6 Å². The zero-order valence-corrected chi connectivity index (χ0v) is 7.48. The van der Waals surface area contributed by atoms with Crippen LogP contribution in [0.1, 0.15) is 18.4 Å². The van der Waals surface area contributed by atoms with E-state index >= 15 is 0 Å². The van der Waals surface area contributed by atoms with Gasteiger partial charge >= 0.3 is 0 Å². The first kappa shape index (κ1) is 8.41. The first-order valence-corrected chi connectivity index (χ1v) is 4.05. The van der Waals surface area contributed by atoms with Crippen LogP contribution < -0.4 is 0 Å². The second-order valence-corrected chi connectivity index (χ2v) is 2.84. The van der Waals surface area contributed by atoms with Crippen molar-refractivity contribution < 1.29 is 4.42 Å². The molecule has 0 unspecified atom stereocenters. The van der Waals surface area contributed by atoms with Crippen molar-refractivity contribution in [3.05, 3.63) is 29.2 Å². The number of rotatable bonds is 2. The van der Waals surface area contributed by atoms with Crippen molar-refractivity contribution in [2.24, 2.45) is 0 Å². The summed E-state index contributed by atoms with van der Waals surface area (Å²) >= 11 is 5.60. The van der Waals surface area contributed by atoms with Gasteiger partial charge in [-0.05, 0) is 32.1 Å². The molecule has 11 heavy (non-hydrogen) atoms. The van der Waals surface area contributed by atoms with Gasteiger partial charge in [0.25, 0.3) is 0 Å². The Morgan fingerprint density at radius 3 is 2.82 bits per heavy atom. The molecule has 0 aromatic carbocycles. The second-order valence-electron chi connectivity index (χ2n) is 2.57. The molecule has 0 spiro atoms. The molecule has 0 aliphatic heterocycles. The van der Waals surface area contributed by atoms with Crippen LogP contribution in [-0.2, 0) is 0 Å². The molecule has 2 heteroatoms. The largest absolute Gasteiger partial charge is 0.462 e. The summed E-state index contributed by atoms with van der Waals surface area (Å²) < 4.78 is 5.32. The van der Waals surface area contributed by atoms with Crippen LogP contribution in [0.15, 0.2) is 22.1 Å². The molecule has 60 valence electrons. The standard InChI is InChI=1S/C9H11ClO/c1-7(6-10)5-9-4-3-8(2)11-9/h3-5H,6H2,1-2H3. The van der Waals surface area contributed by atoms with Gasteiger partial charge < -0.3 is 4.42 Å². The Hall–Kier alpha value is -0.690. The van der Waals surface area contributed by atoms with E-state index < -0.39 is 0 Å².